The summed E-state index contributed by atoms with van der Waals surface area (Å²) in [5.41, 5.74) is 3.26. The maximum absolute atomic E-state index is 12.4. The molecule has 3 rings (SSSR count). The molecule has 0 atom stereocenters. The number of hydrogen-bond donors (Lipinski definition) is 1. The summed E-state index contributed by atoms with van der Waals surface area (Å²) >= 11 is 1.45. The van der Waals surface area contributed by atoms with Gasteiger partial charge in [0.05, 0.1) is 11.3 Å². The van der Waals surface area contributed by atoms with Gasteiger partial charge in [0.15, 0.2) is 0 Å². The first-order valence-corrected chi connectivity index (χ1v) is 8.63. The predicted octanol–water partition coefficient (Wildman–Crippen LogP) is 3.19. The van der Waals surface area contributed by atoms with Crippen LogP contribution in [0.15, 0.2) is 66.2 Å². The molecule has 3 aromatic heterocycles. The number of nitrogens with one attached hydrogen (secondary N) is 1. The molecule has 120 valence electrons. The average Bonchev–Trinajstić information content (AvgIpc) is 2.67. The number of carbonyl (C=O) groups excluding carboxylic acids is 1. The van der Waals surface area contributed by atoms with Gasteiger partial charge in [0, 0.05) is 36.9 Å². The molecule has 0 bridgehead atoms. The monoisotopic (exact) mass is 336 g/mol. The molecule has 24 heavy (non-hydrogen) atoms. The van der Waals surface area contributed by atoms with Crippen molar-refractivity contribution in [2.75, 3.05) is 6.26 Å². The molecule has 5 nitrogen and oxygen atoms in total. The lowest BCUT2D eigenvalue weighted by Gasteiger charge is -2.11. The van der Waals surface area contributed by atoms with Crippen molar-refractivity contribution in [3.05, 3.63) is 72.3 Å². The first-order valence-electron chi connectivity index (χ1n) is 7.41. The minimum absolute atomic E-state index is 0.145. The molecule has 6 heteroatoms. The van der Waals surface area contributed by atoms with E-state index in [4.69, 9.17) is 0 Å². The zero-order valence-electron chi connectivity index (χ0n) is 13.1. The molecule has 0 unspecified atom stereocenters. The van der Waals surface area contributed by atoms with Crippen molar-refractivity contribution >= 4 is 17.7 Å². The third-order valence-electron chi connectivity index (χ3n) is 3.47. The number of thioether (sulfide) groups is 1. The second-order valence-electron chi connectivity index (χ2n) is 5.00. The Balaban J connectivity index is 1.79. The lowest BCUT2D eigenvalue weighted by Crippen LogP contribution is -2.24. The van der Waals surface area contributed by atoms with Crippen molar-refractivity contribution in [2.45, 2.75) is 11.6 Å². The van der Waals surface area contributed by atoms with E-state index in [0.717, 1.165) is 16.8 Å². The topological polar surface area (TPSA) is 67.8 Å². The number of hydrogen-bond acceptors (Lipinski definition) is 5. The molecule has 0 fully saturated rings. The van der Waals surface area contributed by atoms with Crippen molar-refractivity contribution in [3.8, 4) is 11.3 Å². The van der Waals surface area contributed by atoms with E-state index < -0.39 is 0 Å². The van der Waals surface area contributed by atoms with Gasteiger partial charge in [-0.05, 0) is 42.2 Å². The van der Waals surface area contributed by atoms with E-state index >= 15 is 0 Å². The smallest absolute Gasteiger partial charge is 0.254 e. The predicted molar refractivity (Wildman–Crippen MR) is 94.7 cm³/mol. The van der Waals surface area contributed by atoms with Gasteiger partial charge in [-0.15, -0.1) is 11.8 Å². The van der Waals surface area contributed by atoms with E-state index in [-0.39, 0.29) is 5.91 Å². The van der Waals surface area contributed by atoms with E-state index in [2.05, 4.69) is 20.3 Å². The highest BCUT2D eigenvalue weighted by Crippen LogP contribution is 2.20. The Morgan fingerprint density at radius 1 is 1.08 bits per heavy atom. The second-order valence-corrected chi connectivity index (χ2v) is 5.79. The van der Waals surface area contributed by atoms with Gasteiger partial charge in [0.2, 0.25) is 0 Å². The second kappa shape index (κ2) is 7.70. The average molecular weight is 336 g/mol. The van der Waals surface area contributed by atoms with Crippen molar-refractivity contribution in [1.82, 2.24) is 20.3 Å². The first kappa shape index (κ1) is 16.1. The molecular weight excluding hydrogens is 320 g/mol. The van der Waals surface area contributed by atoms with Crippen molar-refractivity contribution in [1.29, 1.82) is 0 Å². The van der Waals surface area contributed by atoms with Crippen LogP contribution in [0.5, 0.6) is 0 Å². The summed E-state index contributed by atoms with van der Waals surface area (Å²) < 4.78 is 0. The summed E-state index contributed by atoms with van der Waals surface area (Å²) in [6.45, 7) is 0.389. The lowest BCUT2D eigenvalue weighted by molar-refractivity contribution is 0.0947. The van der Waals surface area contributed by atoms with Crippen LogP contribution >= 0.6 is 11.8 Å². The van der Waals surface area contributed by atoms with E-state index in [1.807, 2.05) is 30.5 Å². The van der Waals surface area contributed by atoms with Gasteiger partial charge in [0.25, 0.3) is 5.91 Å². The Labute approximate surface area is 144 Å². The normalized spacial score (nSPS) is 10.4. The number of aromatic nitrogens is 3. The third kappa shape index (κ3) is 3.60. The molecule has 1 N–H and O–H groups in total. The Morgan fingerprint density at radius 3 is 2.67 bits per heavy atom. The summed E-state index contributed by atoms with van der Waals surface area (Å²) in [5.74, 6) is -0.145. The van der Waals surface area contributed by atoms with Crippen molar-refractivity contribution < 1.29 is 4.79 Å². The zero-order valence-corrected chi connectivity index (χ0v) is 14.0. The van der Waals surface area contributed by atoms with Gasteiger partial charge in [-0.1, -0.05) is 6.07 Å². The van der Waals surface area contributed by atoms with Crippen LogP contribution in [0.2, 0.25) is 0 Å². The Morgan fingerprint density at radius 2 is 1.88 bits per heavy atom. The number of nitrogens with zero attached hydrogens (tertiary/aromatic N) is 3. The molecule has 0 aromatic carbocycles. The van der Waals surface area contributed by atoms with Crippen LogP contribution < -0.4 is 5.32 Å². The Bertz CT molecular complexity index is 839. The van der Waals surface area contributed by atoms with Gasteiger partial charge in [0.1, 0.15) is 5.03 Å². The molecule has 0 aliphatic rings. The molecule has 0 saturated heterocycles. The third-order valence-corrected chi connectivity index (χ3v) is 4.19. The number of pyridine rings is 3. The largest absolute Gasteiger partial charge is 0.348 e. The van der Waals surface area contributed by atoms with Crippen LogP contribution in [0.3, 0.4) is 0 Å². The molecule has 0 aliphatic heterocycles. The Hall–Kier alpha value is -2.73. The van der Waals surface area contributed by atoms with E-state index in [9.17, 15) is 4.79 Å². The molecule has 3 aromatic rings. The zero-order chi connectivity index (χ0) is 16.8. The number of amides is 1. The molecule has 3 heterocycles. The van der Waals surface area contributed by atoms with Crippen LogP contribution in [0.1, 0.15) is 15.9 Å². The van der Waals surface area contributed by atoms with E-state index in [1.165, 1.54) is 11.8 Å². The SMILES string of the molecule is CSc1ncccc1C(=O)NCc1cccnc1-c1cccnc1. The van der Waals surface area contributed by atoms with Crippen LogP contribution in [0.25, 0.3) is 11.3 Å². The number of carbonyl (C=O) groups is 1. The quantitative estimate of drug-likeness (QED) is 0.725. The minimum atomic E-state index is -0.145. The Kier molecular flexibility index (Phi) is 5.18. The minimum Gasteiger partial charge on any atom is -0.348 e. The molecule has 0 radical (unpaired) electrons. The van der Waals surface area contributed by atoms with E-state index in [0.29, 0.717) is 17.1 Å². The van der Waals surface area contributed by atoms with Crippen LogP contribution in [-0.2, 0) is 6.54 Å². The molecule has 0 saturated carbocycles. The fourth-order valence-corrected chi connectivity index (χ4v) is 2.89. The van der Waals surface area contributed by atoms with Crippen LogP contribution in [-0.4, -0.2) is 27.1 Å². The van der Waals surface area contributed by atoms with E-state index in [1.54, 1.807) is 36.9 Å². The molecular formula is C18H16N4OS. The van der Waals surface area contributed by atoms with Gasteiger partial charge in [-0.25, -0.2) is 4.98 Å². The molecule has 1 amide bonds. The fraction of sp³-hybridized carbons (Fsp3) is 0.111. The lowest BCUT2D eigenvalue weighted by atomic mass is 10.1. The summed E-state index contributed by atoms with van der Waals surface area (Å²) in [6, 6.07) is 11.2. The summed E-state index contributed by atoms with van der Waals surface area (Å²) in [7, 11) is 0. The highest BCUT2D eigenvalue weighted by atomic mass is 32.2. The van der Waals surface area contributed by atoms with Gasteiger partial charge < -0.3 is 5.32 Å². The van der Waals surface area contributed by atoms with Gasteiger partial charge in [-0.2, -0.15) is 0 Å². The van der Waals surface area contributed by atoms with Gasteiger partial charge >= 0.3 is 0 Å². The first-order chi connectivity index (χ1) is 11.8. The van der Waals surface area contributed by atoms with Crippen LogP contribution in [0.4, 0.5) is 0 Å². The van der Waals surface area contributed by atoms with Crippen LogP contribution in [0, 0.1) is 0 Å². The van der Waals surface area contributed by atoms with Crippen molar-refractivity contribution in [2.24, 2.45) is 0 Å². The maximum atomic E-state index is 12.4. The highest BCUT2D eigenvalue weighted by Gasteiger charge is 2.13. The summed E-state index contributed by atoms with van der Waals surface area (Å²) in [5, 5.41) is 3.66. The summed E-state index contributed by atoms with van der Waals surface area (Å²) in [4.78, 5) is 25.2. The standard InChI is InChI=1S/C18H16N4OS/c1-24-18-15(7-4-10-21-18)17(23)22-12-14-6-3-9-20-16(14)13-5-2-8-19-11-13/h2-11H,12H2,1H3,(H,22,23). The fourth-order valence-electron chi connectivity index (χ4n) is 2.34. The number of rotatable bonds is 5. The van der Waals surface area contributed by atoms with Gasteiger partial charge in [-0.3, -0.25) is 14.8 Å². The van der Waals surface area contributed by atoms with Crippen molar-refractivity contribution in [3.63, 3.8) is 0 Å². The maximum Gasteiger partial charge on any atom is 0.254 e. The highest BCUT2D eigenvalue weighted by molar-refractivity contribution is 7.98. The summed E-state index contributed by atoms with van der Waals surface area (Å²) in [6.07, 6.45) is 8.81. The molecule has 0 spiro atoms. The molecule has 0 aliphatic carbocycles.